The molecule has 28 heavy (non-hydrogen) atoms. The Morgan fingerprint density at radius 2 is 1.75 bits per heavy atom. The number of amides is 1. The van der Waals surface area contributed by atoms with Crippen LogP contribution in [0.15, 0.2) is 54.6 Å². The molecule has 2 aromatic carbocycles. The second kappa shape index (κ2) is 10.8. The summed E-state index contributed by atoms with van der Waals surface area (Å²) < 4.78 is 31.1. The van der Waals surface area contributed by atoms with E-state index in [1.807, 2.05) is 55.5 Å². The number of nitrogens with one attached hydrogen (secondary N) is 1. The highest BCUT2D eigenvalue weighted by atomic mass is 32.2. The fourth-order valence-electron chi connectivity index (χ4n) is 2.81. The van der Waals surface area contributed by atoms with Gasteiger partial charge in [-0.25, -0.2) is 8.42 Å². The van der Waals surface area contributed by atoms with E-state index in [0.29, 0.717) is 31.9 Å². The van der Waals surface area contributed by atoms with Gasteiger partial charge in [0, 0.05) is 19.5 Å². The van der Waals surface area contributed by atoms with E-state index in [9.17, 15) is 13.2 Å². The number of carbonyl (C=O) groups excluding carboxylic acids is 1. The molecule has 0 aromatic heterocycles. The maximum Gasteiger partial charge on any atom is 0.232 e. The van der Waals surface area contributed by atoms with E-state index in [1.54, 1.807) is 6.07 Å². The quantitative estimate of drug-likeness (QED) is 0.585. The molecule has 0 saturated heterocycles. The van der Waals surface area contributed by atoms with Gasteiger partial charge in [0.25, 0.3) is 0 Å². The van der Waals surface area contributed by atoms with Crippen molar-refractivity contribution in [1.82, 2.24) is 5.32 Å². The van der Waals surface area contributed by atoms with Crippen molar-refractivity contribution in [3.63, 3.8) is 0 Å². The molecule has 152 valence electrons. The van der Waals surface area contributed by atoms with Crippen molar-refractivity contribution in [1.29, 1.82) is 0 Å². The number of sulfonamides is 1. The summed E-state index contributed by atoms with van der Waals surface area (Å²) in [6.45, 7) is 3.51. The Morgan fingerprint density at radius 1 is 1.07 bits per heavy atom. The minimum absolute atomic E-state index is 0.110. The van der Waals surface area contributed by atoms with E-state index in [1.165, 1.54) is 10.6 Å². The lowest BCUT2D eigenvalue weighted by molar-refractivity contribution is -0.121. The van der Waals surface area contributed by atoms with Gasteiger partial charge in [0.05, 0.1) is 25.2 Å². The van der Waals surface area contributed by atoms with Gasteiger partial charge in [-0.05, 0) is 30.5 Å². The summed E-state index contributed by atoms with van der Waals surface area (Å²) in [5, 5.41) is 2.80. The third-order valence-corrected chi connectivity index (χ3v) is 5.41. The Bertz CT molecular complexity index is 854. The number of ether oxygens (including phenoxy) is 1. The number of hydrogen-bond donors (Lipinski definition) is 1. The molecule has 0 aliphatic rings. The first-order valence-electron chi connectivity index (χ1n) is 9.29. The summed E-state index contributed by atoms with van der Waals surface area (Å²) in [6.07, 6.45) is 1.89. The summed E-state index contributed by atoms with van der Waals surface area (Å²) in [5.74, 6) is -0.110. The van der Waals surface area contributed by atoms with Crippen LogP contribution in [0.5, 0.6) is 0 Å². The van der Waals surface area contributed by atoms with Gasteiger partial charge in [-0.3, -0.25) is 9.10 Å². The Kier molecular flexibility index (Phi) is 8.47. The molecule has 0 aliphatic carbocycles. The van der Waals surface area contributed by atoms with Crippen LogP contribution in [-0.4, -0.2) is 40.3 Å². The van der Waals surface area contributed by atoms with Gasteiger partial charge < -0.3 is 10.1 Å². The summed E-state index contributed by atoms with van der Waals surface area (Å²) in [6, 6.07) is 17.2. The second-order valence-corrected chi connectivity index (χ2v) is 8.52. The lowest BCUT2D eigenvalue weighted by atomic mass is 10.2. The highest BCUT2D eigenvalue weighted by Crippen LogP contribution is 2.22. The van der Waals surface area contributed by atoms with Gasteiger partial charge in [-0.1, -0.05) is 48.5 Å². The molecule has 0 saturated carbocycles. The zero-order chi connectivity index (χ0) is 20.4. The first-order chi connectivity index (χ1) is 13.4. The van der Waals surface area contributed by atoms with E-state index in [4.69, 9.17) is 4.74 Å². The van der Waals surface area contributed by atoms with Crippen LogP contribution in [0.2, 0.25) is 0 Å². The molecule has 0 atom stereocenters. The average Bonchev–Trinajstić information content (AvgIpc) is 2.66. The van der Waals surface area contributed by atoms with Crippen molar-refractivity contribution in [3.8, 4) is 0 Å². The number of hydrogen-bond acceptors (Lipinski definition) is 4. The smallest absolute Gasteiger partial charge is 0.232 e. The zero-order valence-corrected chi connectivity index (χ0v) is 17.2. The number of benzene rings is 2. The lowest BCUT2D eigenvalue weighted by Crippen LogP contribution is -2.33. The Hall–Kier alpha value is -2.38. The number of para-hydroxylation sites is 1. The van der Waals surface area contributed by atoms with E-state index in [-0.39, 0.29) is 18.9 Å². The highest BCUT2D eigenvalue weighted by molar-refractivity contribution is 7.92. The van der Waals surface area contributed by atoms with Gasteiger partial charge >= 0.3 is 0 Å². The second-order valence-electron chi connectivity index (χ2n) is 6.61. The number of rotatable bonds is 11. The average molecular weight is 405 g/mol. The van der Waals surface area contributed by atoms with Gasteiger partial charge in [-0.15, -0.1) is 0 Å². The third-order valence-electron chi connectivity index (χ3n) is 4.23. The van der Waals surface area contributed by atoms with Crippen molar-refractivity contribution in [2.75, 3.05) is 30.3 Å². The lowest BCUT2D eigenvalue weighted by Gasteiger charge is -2.24. The fourth-order valence-corrected chi connectivity index (χ4v) is 3.83. The van der Waals surface area contributed by atoms with Gasteiger partial charge in [-0.2, -0.15) is 0 Å². The summed E-state index contributed by atoms with van der Waals surface area (Å²) in [7, 11) is -3.41. The maximum atomic E-state index is 12.1. The Balaban J connectivity index is 1.70. The number of nitrogens with zero attached hydrogens (tertiary/aromatic N) is 1. The van der Waals surface area contributed by atoms with Crippen LogP contribution in [-0.2, 0) is 26.2 Å². The highest BCUT2D eigenvalue weighted by Gasteiger charge is 2.18. The van der Waals surface area contributed by atoms with E-state index < -0.39 is 10.0 Å². The molecule has 0 spiro atoms. The van der Waals surface area contributed by atoms with Crippen LogP contribution in [0, 0.1) is 6.92 Å². The number of carbonyl (C=O) groups is 1. The van der Waals surface area contributed by atoms with Crippen molar-refractivity contribution in [2.24, 2.45) is 0 Å². The molecule has 2 aromatic rings. The minimum Gasteiger partial charge on any atom is -0.375 e. The van der Waals surface area contributed by atoms with E-state index in [2.05, 4.69) is 5.32 Å². The van der Waals surface area contributed by atoms with Crippen molar-refractivity contribution < 1.29 is 17.9 Å². The molecule has 1 N–H and O–H groups in total. The summed E-state index contributed by atoms with van der Waals surface area (Å²) in [5.41, 5.74) is 2.62. The zero-order valence-electron chi connectivity index (χ0n) is 16.4. The molecular formula is C21H28N2O4S. The van der Waals surface area contributed by atoms with E-state index >= 15 is 0 Å². The monoisotopic (exact) mass is 404 g/mol. The molecule has 0 heterocycles. The largest absolute Gasteiger partial charge is 0.375 e. The molecule has 7 heteroatoms. The van der Waals surface area contributed by atoms with Gasteiger partial charge in [0.1, 0.15) is 0 Å². The van der Waals surface area contributed by atoms with Crippen LogP contribution < -0.4 is 9.62 Å². The summed E-state index contributed by atoms with van der Waals surface area (Å²) in [4.78, 5) is 12.0. The number of anilines is 1. The van der Waals surface area contributed by atoms with Gasteiger partial charge in [0.15, 0.2) is 0 Å². The molecular weight excluding hydrogens is 376 g/mol. The number of aryl methyl sites for hydroxylation is 1. The third kappa shape index (κ3) is 7.32. The topological polar surface area (TPSA) is 75.7 Å². The van der Waals surface area contributed by atoms with Gasteiger partial charge in [0.2, 0.25) is 15.9 Å². The maximum absolute atomic E-state index is 12.1. The fraction of sp³-hybridized carbons (Fsp3) is 0.381. The Morgan fingerprint density at radius 3 is 2.43 bits per heavy atom. The van der Waals surface area contributed by atoms with Crippen molar-refractivity contribution in [2.45, 2.75) is 26.4 Å². The minimum atomic E-state index is -3.41. The van der Waals surface area contributed by atoms with Crippen molar-refractivity contribution in [3.05, 3.63) is 65.7 Å². The van der Waals surface area contributed by atoms with Crippen LogP contribution in [0.25, 0.3) is 0 Å². The molecule has 0 unspecified atom stereocenters. The Labute approximate surface area is 167 Å². The van der Waals surface area contributed by atoms with Crippen LogP contribution in [0.4, 0.5) is 5.69 Å². The SMILES string of the molecule is Cc1ccccc1N(CCCC(=O)NCCOCc1ccccc1)S(C)(=O)=O. The molecule has 6 nitrogen and oxygen atoms in total. The summed E-state index contributed by atoms with van der Waals surface area (Å²) >= 11 is 0. The first-order valence-corrected chi connectivity index (χ1v) is 11.1. The molecule has 0 bridgehead atoms. The molecule has 0 aliphatic heterocycles. The molecule has 0 radical (unpaired) electrons. The molecule has 2 rings (SSSR count). The standard InChI is InChI=1S/C21H28N2O4S/c1-18-9-6-7-12-20(18)23(28(2,25)26)15-8-13-21(24)22-14-16-27-17-19-10-4-3-5-11-19/h3-7,9-12H,8,13-17H2,1-2H3,(H,22,24). The normalized spacial score (nSPS) is 11.2. The van der Waals surface area contributed by atoms with Crippen LogP contribution >= 0.6 is 0 Å². The predicted octanol–water partition coefficient (Wildman–Crippen LogP) is 2.87. The van der Waals surface area contributed by atoms with Crippen LogP contribution in [0.1, 0.15) is 24.0 Å². The first kappa shape index (κ1) is 21.9. The van der Waals surface area contributed by atoms with E-state index in [0.717, 1.165) is 11.1 Å². The van der Waals surface area contributed by atoms with Crippen LogP contribution in [0.3, 0.4) is 0 Å². The molecule has 1 amide bonds. The van der Waals surface area contributed by atoms with Crippen molar-refractivity contribution >= 4 is 21.6 Å². The molecule has 0 fully saturated rings. The predicted molar refractivity (Wildman–Crippen MR) is 112 cm³/mol.